The second-order valence-corrected chi connectivity index (χ2v) is 10.0. The van der Waals surface area contributed by atoms with Crippen LogP contribution in [0, 0.1) is 10.1 Å². The highest BCUT2D eigenvalue weighted by Gasteiger charge is 2.26. The number of non-ortho nitro benzene ring substituents is 1. The number of nitro groups is 1. The molecule has 0 fully saturated rings. The maximum atomic E-state index is 12.9. The van der Waals surface area contributed by atoms with E-state index in [4.69, 9.17) is 9.73 Å². The van der Waals surface area contributed by atoms with Gasteiger partial charge in [-0.05, 0) is 68.0 Å². The number of fused-ring (bicyclic) bond motifs is 1. The second kappa shape index (κ2) is 9.97. The topological polar surface area (TPSA) is 86.7 Å². The van der Waals surface area contributed by atoms with E-state index in [1.54, 1.807) is 23.5 Å². The van der Waals surface area contributed by atoms with Crippen molar-refractivity contribution in [1.82, 2.24) is 4.57 Å². The van der Waals surface area contributed by atoms with Crippen LogP contribution in [-0.4, -0.2) is 22.1 Å². The quantitative estimate of drug-likeness (QED) is 0.171. The molecule has 9 heteroatoms. The average Bonchev–Trinajstić information content (AvgIpc) is 3.46. The molecule has 5 rings (SSSR count). The van der Waals surface area contributed by atoms with Gasteiger partial charge in [-0.15, -0.1) is 22.7 Å². The van der Waals surface area contributed by atoms with Crippen LogP contribution in [0.5, 0.6) is 0 Å². The fourth-order valence-corrected chi connectivity index (χ4v) is 6.52. The summed E-state index contributed by atoms with van der Waals surface area (Å²) in [7, 11) is 0. The van der Waals surface area contributed by atoms with Crippen molar-refractivity contribution < 1.29 is 14.5 Å². The van der Waals surface area contributed by atoms with Gasteiger partial charge in [0.1, 0.15) is 5.00 Å². The summed E-state index contributed by atoms with van der Waals surface area (Å²) >= 11 is 3.04. The van der Waals surface area contributed by atoms with E-state index >= 15 is 0 Å². The van der Waals surface area contributed by atoms with E-state index in [0.717, 1.165) is 48.2 Å². The molecule has 0 atom stereocenters. The first-order chi connectivity index (χ1) is 17.1. The molecule has 178 valence electrons. The summed E-state index contributed by atoms with van der Waals surface area (Å²) < 4.78 is 7.43. The van der Waals surface area contributed by atoms with Crippen molar-refractivity contribution in [1.29, 1.82) is 0 Å². The molecule has 35 heavy (non-hydrogen) atoms. The van der Waals surface area contributed by atoms with Gasteiger partial charge in [0.2, 0.25) is 0 Å². The van der Waals surface area contributed by atoms with Crippen molar-refractivity contribution in [3.05, 3.63) is 90.9 Å². The summed E-state index contributed by atoms with van der Waals surface area (Å²) in [5, 5.41) is 13.8. The van der Waals surface area contributed by atoms with Gasteiger partial charge in [0.15, 0.2) is 4.80 Å². The molecular weight excluding hydrogens is 482 g/mol. The fourth-order valence-electron chi connectivity index (χ4n) is 4.30. The Labute approximate surface area is 210 Å². The summed E-state index contributed by atoms with van der Waals surface area (Å²) in [5.74, 6) is -0.316. The predicted octanol–water partition coefficient (Wildman–Crippen LogP) is 6.46. The Kier molecular flexibility index (Phi) is 6.61. The average molecular weight is 506 g/mol. The van der Waals surface area contributed by atoms with E-state index in [1.807, 2.05) is 47.2 Å². The molecular formula is C26H23N3O4S2. The van der Waals surface area contributed by atoms with Crippen LogP contribution in [0.25, 0.3) is 16.9 Å². The van der Waals surface area contributed by atoms with E-state index < -0.39 is 4.92 Å². The summed E-state index contributed by atoms with van der Waals surface area (Å²) in [5.41, 5.74) is 4.35. The molecule has 2 aromatic heterocycles. The predicted molar refractivity (Wildman–Crippen MR) is 138 cm³/mol. The van der Waals surface area contributed by atoms with Crippen molar-refractivity contribution in [3.8, 4) is 16.9 Å². The molecule has 1 aliphatic carbocycles. The number of hydrogen-bond donors (Lipinski definition) is 0. The van der Waals surface area contributed by atoms with Crippen molar-refractivity contribution in [2.45, 2.75) is 32.6 Å². The Morgan fingerprint density at radius 2 is 1.86 bits per heavy atom. The lowest BCUT2D eigenvalue weighted by molar-refractivity contribution is -0.384. The number of para-hydroxylation sites is 1. The zero-order chi connectivity index (χ0) is 24.4. The maximum Gasteiger partial charge on any atom is 0.341 e. The first-order valence-corrected chi connectivity index (χ1v) is 13.1. The molecule has 0 N–H and O–H groups in total. The van der Waals surface area contributed by atoms with Crippen LogP contribution in [0.2, 0.25) is 0 Å². The zero-order valence-electron chi connectivity index (χ0n) is 19.1. The third-order valence-corrected chi connectivity index (χ3v) is 7.94. The van der Waals surface area contributed by atoms with Gasteiger partial charge >= 0.3 is 5.97 Å². The van der Waals surface area contributed by atoms with Crippen LogP contribution in [-0.2, 0) is 17.6 Å². The zero-order valence-corrected chi connectivity index (χ0v) is 20.7. The SMILES string of the molecule is CCOC(=O)c1c(/N=c2\scc(-c3ccc([N+](=O)[O-])cc3)n2-c2ccccc2)sc2c1CCCC2. The molecule has 0 aliphatic heterocycles. The Balaban J connectivity index is 1.70. The molecule has 0 radical (unpaired) electrons. The molecule has 0 bridgehead atoms. The molecule has 0 amide bonds. The molecule has 0 saturated carbocycles. The van der Waals surface area contributed by atoms with Crippen molar-refractivity contribution in [3.63, 3.8) is 0 Å². The number of thiazole rings is 1. The van der Waals surface area contributed by atoms with E-state index in [9.17, 15) is 14.9 Å². The van der Waals surface area contributed by atoms with Crippen LogP contribution in [0.3, 0.4) is 0 Å². The number of nitrogens with zero attached hydrogens (tertiary/aromatic N) is 3. The minimum Gasteiger partial charge on any atom is -0.462 e. The number of aryl methyl sites for hydroxylation is 1. The minimum atomic E-state index is -0.404. The lowest BCUT2D eigenvalue weighted by Crippen LogP contribution is -2.14. The van der Waals surface area contributed by atoms with Gasteiger partial charge in [0, 0.05) is 28.1 Å². The largest absolute Gasteiger partial charge is 0.462 e. The smallest absolute Gasteiger partial charge is 0.341 e. The number of nitro benzene ring substituents is 1. The summed E-state index contributed by atoms with van der Waals surface area (Å²) in [4.78, 5) is 30.6. The van der Waals surface area contributed by atoms with Gasteiger partial charge in [-0.2, -0.15) is 0 Å². The van der Waals surface area contributed by atoms with Gasteiger partial charge < -0.3 is 4.74 Å². The summed E-state index contributed by atoms with van der Waals surface area (Å²) in [6, 6.07) is 16.4. The lowest BCUT2D eigenvalue weighted by atomic mass is 9.95. The van der Waals surface area contributed by atoms with Gasteiger partial charge in [-0.25, -0.2) is 9.79 Å². The molecule has 2 aromatic carbocycles. The van der Waals surface area contributed by atoms with Crippen LogP contribution >= 0.6 is 22.7 Å². The number of thiophene rings is 1. The van der Waals surface area contributed by atoms with Crippen molar-refractivity contribution in [2.24, 2.45) is 4.99 Å². The van der Waals surface area contributed by atoms with Gasteiger partial charge in [-0.3, -0.25) is 14.7 Å². The van der Waals surface area contributed by atoms with Gasteiger partial charge in [0.25, 0.3) is 5.69 Å². The number of benzene rings is 2. The second-order valence-electron chi connectivity index (χ2n) is 8.10. The summed E-state index contributed by atoms with van der Waals surface area (Å²) in [6.07, 6.45) is 4.00. The highest BCUT2D eigenvalue weighted by atomic mass is 32.1. The van der Waals surface area contributed by atoms with Crippen molar-refractivity contribution >= 4 is 39.3 Å². The van der Waals surface area contributed by atoms with Crippen LogP contribution in [0.15, 0.2) is 65.0 Å². The van der Waals surface area contributed by atoms with Crippen LogP contribution in [0.1, 0.15) is 40.6 Å². The minimum absolute atomic E-state index is 0.0448. The number of rotatable bonds is 6. The first kappa shape index (κ1) is 23.2. The highest BCUT2D eigenvalue weighted by Crippen LogP contribution is 2.40. The molecule has 2 heterocycles. The maximum absolute atomic E-state index is 12.9. The van der Waals surface area contributed by atoms with Crippen LogP contribution in [0.4, 0.5) is 10.7 Å². The Morgan fingerprint density at radius 1 is 1.11 bits per heavy atom. The van der Waals surface area contributed by atoms with Crippen LogP contribution < -0.4 is 4.80 Å². The van der Waals surface area contributed by atoms with Gasteiger partial charge in [0.05, 0.1) is 22.8 Å². The number of aromatic nitrogens is 1. The Hall–Kier alpha value is -3.56. The number of esters is 1. The number of carbonyl (C=O) groups is 1. The van der Waals surface area contributed by atoms with E-state index in [2.05, 4.69) is 0 Å². The monoisotopic (exact) mass is 505 g/mol. The van der Waals surface area contributed by atoms with Gasteiger partial charge in [-0.1, -0.05) is 18.2 Å². The normalized spacial score (nSPS) is 13.5. The highest BCUT2D eigenvalue weighted by molar-refractivity contribution is 7.16. The molecule has 1 aliphatic rings. The Morgan fingerprint density at radius 3 is 2.57 bits per heavy atom. The molecule has 0 spiro atoms. The molecule has 0 saturated heterocycles. The standard InChI is InChI=1S/C26H23N3O4S2/c1-2-33-25(30)23-20-10-6-7-11-22(20)35-24(23)27-26-28(18-8-4-3-5-9-18)21(16-34-26)17-12-14-19(15-13-17)29(31)32/h3-5,8-9,12-16H,2,6-7,10-11H2,1H3/b27-26-. The number of hydrogen-bond acceptors (Lipinski definition) is 7. The van der Waals surface area contributed by atoms with E-state index in [1.165, 1.54) is 28.3 Å². The fraction of sp³-hybridized carbons (Fsp3) is 0.231. The molecule has 4 aromatic rings. The third kappa shape index (κ3) is 4.56. The third-order valence-electron chi connectivity index (χ3n) is 5.93. The molecule has 7 nitrogen and oxygen atoms in total. The lowest BCUT2D eigenvalue weighted by Gasteiger charge is -2.12. The molecule has 0 unspecified atom stereocenters. The Bertz CT molecular complexity index is 1450. The number of ether oxygens (including phenoxy) is 1. The van der Waals surface area contributed by atoms with Crippen molar-refractivity contribution in [2.75, 3.05) is 6.61 Å². The van der Waals surface area contributed by atoms with E-state index in [-0.39, 0.29) is 11.7 Å². The number of carbonyl (C=O) groups excluding carboxylic acids is 1. The van der Waals surface area contributed by atoms with E-state index in [0.29, 0.717) is 22.0 Å². The summed E-state index contributed by atoms with van der Waals surface area (Å²) in [6.45, 7) is 2.13. The first-order valence-electron chi connectivity index (χ1n) is 11.4.